The van der Waals surface area contributed by atoms with Gasteiger partial charge in [0.05, 0.1) is 30.4 Å². The standard InChI is InChI=1S/C78H64N4O.Pt/c1-76(2,3)54-39-40-79-72(46-54)82-69-36-19-18-31-64(69)65-38-37-59(48-70(65)82)83-58-28-20-27-57(47-58)80-49-81-74-61(53-41-55(77(4,5)6)45-56(42-53)78(7,8)9)33-22-35-67(74)73-60(51-25-14-11-15-26-51)32-21-34-66(73)62-29-16-17-30-63(62)68-43-52(44-71(80)75(68)81)50-23-12-10-13-24-50;/h10-46H,1-9H3;/q-2;/i10D,11D,12D,13D,14D,15D,23D,24D,25D,26D;. The maximum absolute atomic E-state index is 9.52. The van der Waals surface area contributed by atoms with Crippen molar-refractivity contribution in [1.82, 2.24) is 14.1 Å². The molecule has 0 fully saturated rings. The molecule has 414 valence electrons. The minimum Gasteiger partial charge on any atom is -0.510 e. The Balaban J connectivity index is 0.00000803. The average molecular weight is 1280 g/mol. The van der Waals surface area contributed by atoms with Crippen LogP contribution in [0.5, 0.6) is 11.5 Å². The fourth-order valence-corrected chi connectivity index (χ4v) is 11.7. The van der Waals surface area contributed by atoms with E-state index >= 15 is 0 Å². The zero-order valence-electron chi connectivity index (χ0n) is 58.1. The predicted octanol–water partition coefficient (Wildman–Crippen LogP) is 19.8. The third kappa shape index (κ3) is 9.49. The number of hydrogen-bond donors (Lipinski definition) is 0. The maximum Gasteiger partial charge on any atom is 0.268 e. The predicted molar refractivity (Wildman–Crippen MR) is 342 cm³/mol. The molecule has 14 rings (SSSR count). The molecule has 0 radical (unpaired) electrons. The summed E-state index contributed by atoms with van der Waals surface area (Å²) >= 11 is 0. The number of imidazole rings is 1. The molecule has 6 heteroatoms. The van der Waals surface area contributed by atoms with Crippen LogP contribution in [0.2, 0.25) is 0 Å². The Morgan fingerprint density at radius 2 is 1.07 bits per heavy atom. The first-order chi connectivity index (χ1) is 44.2. The van der Waals surface area contributed by atoms with Crippen molar-refractivity contribution in [2.75, 3.05) is 0 Å². The maximum atomic E-state index is 9.52. The van der Waals surface area contributed by atoms with Crippen LogP contribution in [0, 0.1) is 18.5 Å². The molecule has 3 aromatic heterocycles. The monoisotopic (exact) mass is 1280 g/mol. The quantitative estimate of drug-likeness (QED) is 0.118. The Hall–Kier alpha value is -8.89. The largest absolute Gasteiger partial charge is 0.510 e. The third-order valence-electron chi connectivity index (χ3n) is 16.0. The normalized spacial score (nSPS) is 13.9. The van der Waals surface area contributed by atoms with E-state index < -0.39 is 36.3 Å². The molecule has 0 amide bonds. The van der Waals surface area contributed by atoms with Crippen LogP contribution in [0.15, 0.2) is 224 Å². The summed E-state index contributed by atoms with van der Waals surface area (Å²) in [5, 5.41) is 2.01. The fourth-order valence-electron chi connectivity index (χ4n) is 11.7. The van der Waals surface area contributed by atoms with Crippen molar-refractivity contribution in [2.24, 2.45) is 0 Å². The van der Waals surface area contributed by atoms with Crippen LogP contribution >= 0.6 is 0 Å². The summed E-state index contributed by atoms with van der Waals surface area (Å²) in [4.78, 5) is 4.89. The summed E-state index contributed by atoms with van der Waals surface area (Å²) in [5.74, 6) is 1.52. The Labute approximate surface area is 521 Å². The van der Waals surface area contributed by atoms with Crippen molar-refractivity contribution >= 4 is 32.8 Å². The van der Waals surface area contributed by atoms with E-state index in [1.807, 2.05) is 131 Å². The van der Waals surface area contributed by atoms with Gasteiger partial charge in [0.2, 0.25) is 0 Å². The number of nitrogens with zero attached hydrogens (tertiary/aromatic N) is 4. The second kappa shape index (κ2) is 20.8. The SMILES string of the molecule is [2H]c1c([2H])c([2H])c(-c2cc3c4c(c2)n(-c2[c-]c(Oc5[c-]c6c(cc5)c5ccccc5n6-c5cc(C(C)(C)C)ccn5)ccc2)[c-][n+]4-c2c(-c4cc(C(C)(C)C)cc(C(C)(C)C)c4)cccc2-c2c(cccc2-c2c([2H])c([2H])c([2H])c([2H])c2[2H])-c2ccccc2-3)c([2H])c1[2H].[Pt]. The van der Waals surface area contributed by atoms with Gasteiger partial charge in [-0.25, -0.2) is 4.98 Å². The molecular weight excluding hydrogens is 1200 g/mol. The van der Waals surface area contributed by atoms with E-state index in [0.717, 1.165) is 61.0 Å². The Kier molecular flexibility index (Phi) is 10.8. The smallest absolute Gasteiger partial charge is 0.268 e. The molecule has 13 aromatic rings. The first-order valence-corrected chi connectivity index (χ1v) is 28.0. The number of benzene rings is 10. The van der Waals surface area contributed by atoms with E-state index in [0.29, 0.717) is 72.9 Å². The Bertz CT molecular complexity index is 5250. The van der Waals surface area contributed by atoms with Gasteiger partial charge in [-0.15, -0.1) is 29.7 Å². The molecule has 0 bridgehead atoms. The van der Waals surface area contributed by atoms with E-state index in [-0.39, 0.29) is 72.6 Å². The third-order valence-corrected chi connectivity index (χ3v) is 16.0. The molecule has 0 atom stereocenters. The van der Waals surface area contributed by atoms with Crippen LogP contribution in [0.25, 0.3) is 117 Å². The van der Waals surface area contributed by atoms with Crippen molar-refractivity contribution in [1.29, 1.82) is 0 Å². The molecule has 1 aliphatic rings. The van der Waals surface area contributed by atoms with Crippen LogP contribution < -0.4 is 9.30 Å². The van der Waals surface area contributed by atoms with Crippen molar-refractivity contribution in [3.05, 3.63) is 259 Å². The van der Waals surface area contributed by atoms with Gasteiger partial charge >= 0.3 is 0 Å². The number of ether oxygens (including phenoxy) is 1. The van der Waals surface area contributed by atoms with Crippen LogP contribution in [-0.4, -0.2) is 14.1 Å². The number of fused-ring (bicyclic) bond motifs is 10. The van der Waals surface area contributed by atoms with E-state index in [1.54, 1.807) is 0 Å². The molecule has 0 unspecified atom stereocenters. The van der Waals surface area contributed by atoms with Crippen molar-refractivity contribution < 1.29 is 44.1 Å². The average Bonchev–Trinajstić information content (AvgIpc) is 1.50. The fraction of sp³-hybridized carbons (Fsp3) is 0.154. The number of para-hydroxylation sites is 2. The molecule has 84 heavy (non-hydrogen) atoms. The summed E-state index contributed by atoms with van der Waals surface area (Å²) in [6.45, 7) is 19.7. The molecule has 4 heterocycles. The molecule has 1 aliphatic heterocycles. The van der Waals surface area contributed by atoms with Gasteiger partial charge in [-0.3, -0.25) is 4.57 Å². The molecule has 0 saturated carbocycles. The minimum absolute atomic E-state index is 0. The molecule has 0 N–H and O–H groups in total. The number of aromatic nitrogens is 4. The summed E-state index contributed by atoms with van der Waals surface area (Å²) in [5.41, 5.74) is 13.1. The Morgan fingerprint density at radius 1 is 0.464 bits per heavy atom. The molecule has 5 nitrogen and oxygen atoms in total. The second-order valence-electron chi connectivity index (χ2n) is 24.5. The first-order valence-electron chi connectivity index (χ1n) is 33.0. The van der Waals surface area contributed by atoms with Gasteiger partial charge < -0.3 is 13.9 Å². The van der Waals surface area contributed by atoms with Crippen LogP contribution in [0.1, 0.15) is 92.7 Å². The van der Waals surface area contributed by atoms with Crippen LogP contribution in [0.3, 0.4) is 0 Å². The van der Waals surface area contributed by atoms with E-state index in [1.165, 1.54) is 0 Å². The summed E-state index contributed by atoms with van der Waals surface area (Å²) in [6, 6.07) is 54.8. The number of pyridine rings is 1. The van der Waals surface area contributed by atoms with Crippen molar-refractivity contribution in [3.8, 4) is 95.5 Å². The van der Waals surface area contributed by atoms with Gasteiger partial charge in [-0.1, -0.05) is 231 Å². The second-order valence-corrected chi connectivity index (χ2v) is 24.5. The molecule has 0 spiro atoms. The van der Waals surface area contributed by atoms with Crippen molar-refractivity contribution in [3.63, 3.8) is 0 Å². The van der Waals surface area contributed by atoms with Gasteiger partial charge in [0.15, 0.2) is 0 Å². The molecular formula is C78H64N4OPt-2. The zero-order chi connectivity index (χ0) is 65.6. The number of hydrogen-bond acceptors (Lipinski definition) is 2. The number of rotatable bonds is 7. The summed E-state index contributed by atoms with van der Waals surface area (Å²) in [7, 11) is 0. The van der Waals surface area contributed by atoms with Crippen LogP contribution in [-0.2, 0) is 37.3 Å². The minimum atomic E-state index is -0.516. The van der Waals surface area contributed by atoms with E-state index in [2.05, 4.69) is 128 Å². The molecule has 0 aliphatic carbocycles. The molecule has 10 aromatic carbocycles. The first kappa shape index (κ1) is 43.7. The Morgan fingerprint density at radius 3 is 1.79 bits per heavy atom. The summed E-state index contributed by atoms with van der Waals surface area (Å²) in [6.07, 6.45) is 5.70. The van der Waals surface area contributed by atoms with Crippen LogP contribution in [0.4, 0.5) is 0 Å². The van der Waals surface area contributed by atoms with E-state index in [4.69, 9.17) is 17.9 Å². The zero-order valence-corrected chi connectivity index (χ0v) is 50.4. The molecule has 0 saturated heterocycles. The van der Waals surface area contributed by atoms with Gasteiger partial charge in [-0.2, -0.15) is 18.2 Å². The van der Waals surface area contributed by atoms with Gasteiger partial charge in [0.25, 0.3) is 6.33 Å². The van der Waals surface area contributed by atoms with E-state index in [9.17, 15) is 5.48 Å². The summed E-state index contributed by atoms with van der Waals surface area (Å²) < 4.78 is 104. The van der Waals surface area contributed by atoms with Gasteiger partial charge in [-0.05, 0) is 135 Å². The van der Waals surface area contributed by atoms with Gasteiger partial charge in [0.1, 0.15) is 5.82 Å². The van der Waals surface area contributed by atoms with Gasteiger partial charge in [0, 0.05) is 44.3 Å². The topological polar surface area (TPSA) is 35.9 Å². The van der Waals surface area contributed by atoms with Crippen molar-refractivity contribution in [2.45, 2.75) is 78.6 Å².